The quantitative estimate of drug-likeness (QED) is 0.549. The lowest BCUT2D eigenvalue weighted by molar-refractivity contribution is -0.138. The first-order chi connectivity index (χ1) is 14.9. The standard InChI is InChI=1S/C23H22F3N3O2/c1-29-10-4-5-15(13-29)11-20-17-6-2-3-7-18(17)22(28-27-20)19-9-8-16(23(24,25)26)12-21(19)31-14-30/h2-3,6-9,12,14-15H,4-5,10-11,13H2,1H3. The fourth-order valence-corrected chi connectivity index (χ4v) is 4.27. The average molecular weight is 429 g/mol. The second-order valence-corrected chi connectivity index (χ2v) is 7.94. The molecule has 31 heavy (non-hydrogen) atoms. The van der Waals surface area contributed by atoms with Crippen molar-refractivity contribution in [1.29, 1.82) is 0 Å². The molecule has 1 atom stereocenters. The van der Waals surface area contributed by atoms with E-state index in [1.165, 1.54) is 6.07 Å². The van der Waals surface area contributed by atoms with Crippen molar-refractivity contribution in [2.24, 2.45) is 5.92 Å². The number of alkyl halides is 3. The Labute approximate surface area is 177 Å². The van der Waals surface area contributed by atoms with Gasteiger partial charge in [0.2, 0.25) is 0 Å². The Bertz CT molecular complexity index is 1100. The van der Waals surface area contributed by atoms with Crippen LogP contribution in [0.25, 0.3) is 22.0 Å². The number of hydrogen-bond acceptors (Lipinski definition) is 5. The van der Waals surface area contributed by atoms with Crippen LogP contribution in [-0.2, 0) is 17.4 Å². The van der Waals surface area contributed by atoms with E-state index in [0.717, 1.165) is 61.0 Å². The minimum atomic E-state index is -4.55. The van der Waals surface area contributed by atoms with E-state index in [9.17, 15) is 18.0 Å². The summed E-state index contributed by atoms with van der Waals surface area (Å²) in [6.45, 7) is 2.20. The highest BCUT2D eigenvalue weighted by atomic mass is 19.4. The van der Waals surface area contributed by atoms with Gasteiger partial charge >= 0.3 is 6.18 Å². The maximum absolute atomic E-state index is 13.1. The summed E-state index contributed by atoms with van der Waals surface area (Å²) in [5, 5.41) is 10.5. The number of likely N-dealkylation sites (tertiary alicyclic amines) is 1. The largest absolute Gasteiger partial charge is 0.428 e. The minimum absolute atomic E-state index is 0.114. The summed E-state index contributed by atoms with van der Waals surface area (Å²) in [5.41, 5.74) is 0.631. The van der Waals surface area contributed by atoms with Gasteiger partial charge in [0.1, 0.15) is 11.4 Å². The molecule has 0 bridgehead atoms. The zero-order valence-corrected chi connectivity index (χ0v) is 17.0. The van der Waals surface area contributed by atoms with Gasteiger partial charge in [-0.3, -0.25) is 4.79 Å². The van der Waals surface area contributed by atoms with E-state index < -0.39 is 11.7 Å². The fourth-order valence-electron chi connectivity index (χ4n) is 4.27. The van der Waals surface area contributed by atoms with E-state index in [0.29, 0.717) is 11.6 Å². The lowest BCUT2D eigenvalue weighted by Crippen LogP contribution is -2.33. The Morgan fingerprint density at radius 2 is 1.94 bits per heavy atom. The number of carbonyl (C=O) groups is 1. The van der Waals surface area contributed by atoms with Crippen molar-refractivity contribution >= 4 is 17.2 Å². The van der Waals surface area contributed by atoms with E-state index in [4.69, 9.17) is 4.74 Å². The number of halogens is 3. The summed E-state index contributed by atoms with van der Waals surface area (Å²) >= 11 is 0. The molecule has 0 aliphatic carbocycles. The summed E-state index contributed by atoms with van der Waals surface area (Å²) in [7, 11) is 2.11. The summed E-state index contributed by atoms with van der Waals surface area (Å²) in [4.78, 5) is 13.2. The zero-order chi connectivity index (χ0) is 22.0. The third kappa shape index (κ3) is 4.54. The Morgan fingerprint density at radius 3 is 2.65 bits per heavy atom. The Kier molecular flexibility index (Phi) is 5.91. The van der Waals surface area contributed by atoms with E-state index in [2.05, 4.69) is 22.1 Å². The molecule has 2 heterocycles. The van der Waals surface area contributed by atoms with E-state index >= 15 is 0 Å². The van der Waals surface area contributed by atoms with Gasteiger partial charge in [-0.15, -0.1) is 5.10 Å². The predicted molar refractivity (Wildman–Crippen MR) is 111 cm³/mol. The van der Waals surface area contributed by atoms with Crippen LogP contribution in [0.1, 0.15) is 24.1 Å². The van der Waals surface area contributed by atoms with Gasteiger partial charge in [-0.1, -0.05) is 24.3 Å². The molecule has 162 valence electrons. The monoisotopic (exact) mass is 429 g/mol. The molecule has 1 aliphatic rings. The van der Waals surface area contributed by atoms with Crippen LogP contribution in [-0.4, -0.2) is 41.7 Å². The highest BCUT2D eigenvalue weighted by Gasteiger charge is 2.32. The van der Waals surface area contributed by atoms with Crippen LogP contribution in [0.2, 0.25) is 0 Å². The van der Waals surface area contributed by atoms with Gasteiger partial charge in [-0.25, -0.2) is 0 Å². The first-order valence-corrected chi connectivity index (χ1v) is 10.1. The lowest BCUT2D eigenvalue weighted by Gasteiger charge is -2.29. The molecule has 4 rings (SSSR count). The summed E-state index contributed by atoms with van der Waals surface area (Å²) < 4.78 is 44.3. The number of ether oxygens (including phenoxy) is 1. The molecule has 8 heteroatoms. The summed E-state index contributed by atoms with van der Waals surface area (Å²) in [5.74, 6) is 0.272. The van der Waals surface area contributed by atoms with Crippen LogP contribution in [0, 0.1) is 5.92 Å². The molecule has 1 fully saturated rings. The van der Waals surface area contributed by atoms with Gasteiger partial charge in [0.25, 0.3) is 6.47 Å². The van der Waals surface area contributed by atoms with Gasteiger partial charge in [0.15, 0.2) is 0 Å². The molecule has 0 N–H and O–H groups in total. The molecular weight excluding hydrogens is 407 g/mol. The van der Waals surface area contributed by atoms with Gasteiger partial charge < -0.3 is 9.64 Å². The molecule has 3 aromatic rings. The van der Waals surface area contributed by atoms with Crippen LogP contribution >= 0.6 is 0 Å². The highest BCUT2D eigenvalue weighted by molar-refractivity contribution is 5.97. The molecule has 1 unspecified atom stereocenters. The van der Waals surface area contributed by atoms with Crippen molar-refractivity contribution in [1.82, 2.24) is 15.1 Å². The number of aromatic nitrogens is 2. The number of hydrogen-bond donors (Lipinski definition) is 0. The van der Waals surface area contributed by atoms with E-state index in [-0.39, 0.29) is 17.8 Å². The number of carbonyl (C=O) groups excluding carboxylic acids is 1. The normalized spacial score (nSPS) is 17.6. The molecule has 1 saturated heterocycles. The zero-order valence-electron chi connectivity index (χ0n) is 17.0. The number of fused-ring (bicyclic) bond motifs is 1. The highest BCUT2D eigenvalue weighted by Crippen LogP contribution is 2.39. The third-order valence-electron chi connectivity index (χ3n) is 5.71. The van der Waals surface area contributed by atoms with Crippen LogP contribution in [0.4, 0.5) is 13.2 Å². The van der Waals surface area contributed by atoms with Crippen LogP contribution in [0.5, 0.6) is 5.75 Å². The SMILES string of the molecule is CN1CCCC(Cc2nnc(-c3ccc(C(F)(F)F)cc3OC=O)c3ccccc23)C1. The van der Waals surface area contributed by atoms with Crippen molar-refractivity contribution in [3.63, 3.8) is 0 Å². The van der Waals surface area contributed by atoms with Crippen LogP contribution in [0.3, 0.4) is 0 Å². The number of benzene rings is 2. The molecule has 1 aliphatic heterocycles. The minimum Gasteiger partial charge on any atom is -0.428 e. The Hall–Kier alpha value is -3.00. The lowest BCUT2D eigenvalue weighted by atomic mass is 9.91. The number of nitrogens with zero attached hydrogens (tertiary/aromatic N) is 3. The smallest absolute Gasteiger partial charge is 0.416 e. The second kappa shape index (κ2) is 8.63. The van der Waals surface area contributed by atoms with Crippen molar-refractivity contribution < 1.29 is 22.7 Å². The predicted octanol–water partition coefficient (Wildman–Crippen LogP) is 4.74. The van der Waals surface area contributed by atoms with Crippen molar-refractivity contribution in [3.8, 4) is 17.0 Å². The van der Waals surface area contributed by atoms with Crippen molar-refractivity contribution in [2.75, 3.05) is 20.1 Å². The van der Waals surface area contributed by atoms with Gasteiger partial charge in [-0.2, -0.15) is 18.3 Å². The molecule has 0 amide bonds. The van der Waals surface area contributed by atoms with Crippen molar-refractivity contribution in [2.45, 2.75) is 25.4 Å². The van der Waals surface area contributed by atoms with Crippen LogP contribution in [0.15, 0.2) is 42.5 Å². The average Bonchev–Trinajstić information content (AvgIpc) is 2.74. The Balaban J connectivity index is 1.78. The molecule has 1 aromatic heterocycles. The van der Waals surface area contributed by atoms with Gasteiger partial charge in [0, 0.05) is 22.9 Å². The molecule has 0 saturated carbocycles. The molecular formula is C23H22F3N3O2. The summed E-state index contributed by atoms with van der Waals surface area (Å²) in [6, 6.07) is 10.6. The van der Waals surface area contributed by atoms with E-state index in [1.54, 1.807) is 0 Å². The van der Waals surface area contributed by atoms with Gasteiger partial charge in [-0.05, 0) is 57.0 Å². The fraction of sp³-hybridized carbons (Fsp3) is 0.348. The van der Waals surface area contributed by atoms with E-state index in [1.807, 2.05) is 24.3 Å². The van der Waals surface area contributed by atoms with Crippen LogP contribution < -0.4 is 4.74 Å². The van der Waals surface area contributed by atoms with Gasteiger partial charge in [0.05, 0.1) is 11.3 Å². The first-order valence-electron chi connectivity index (χ1n) is 10.1. The maximum Gasteiger partial charge on any atom is 0.416 e. The van der Waals surface area contributed by atoms with Crippen molar-refractivity contribution in [3.05, 3.63) is 53.7 Å². The molecule has 0 radical (unpaired) electrons. The number of rotatable bonds is 5. The third-order valence-corrected chi connectivity index (χ3v) is 5.71. The summed E-state index contributed by atoms with van der Waals surface area (Å²) in [6.07, 6.45) is -1.51. The molecule has 2 aromatic carbocycles. The second-order valence-electron chi connectivity index (χ2n) is 7.94. The number of piperidine rings is 1. The Morgan fingerprint density at radius 1 is 1.16 bits per heavy atom. The topological polar surface area (TPSA) is 55.3 Å². The molecule has 0 spiro atoms. The maximum atomic E-state index is 13.1. The first kappa shape index (κ1) is 21.2. The molecule has 5 nitrogen and oxygen atoms in total.